The van der Waals surface area contributed by atoms with Crippen molar-refractivity contribution >= 4 is 42.1 Å². The van der Waals surface area contributed by atoms with E-state index in [1.165, 1.54) is 5.56 Å². The zero-order valence-corrected chi connectivity index (χ0v) is 17.4. The summed E-state index contributed by atoms with van der Waals surface area (Å²) in [6.07, 6.45) is 4.04. The van der Waals surface area contributed by atoms with Gasteiger partial charge in [0.05, 0.1) is 10.7 Å². The molecule has 2 atom stereocenters. The molecule has 0 saturated heterocycles. The molecule has 0 spiro atoms. The van der Waals surface area contributed by atoms with Crippen molar-refractivity contribution in [3.63, 3.8) is 0 Å². The topological polar surface area (TPSA) is 68.0 Å². The maximum absolute atomic E-state index is 12.3. The zero-order chi connectivity index (χ0) is 16.9. The van der Waals surface area contributed by atoms with Gasteiger partial charge < -0.3 is 11.1 Å². The van der Waals surface area contributed by atoms with E-state index in [1.54, 1.807) is 11.3 Å². The standard InChI is InChI=1S/C19H25N3OS.2ClH/c1-13-22-18(12-24-13)15-7-5-14(6-8-15)9-10-21-19(23)17-4-2-3-16(17)11-20;;/h5-8,12,16-17H,2-4,9-11,20H2,1H3,(H,21,23);2*1H/t16-,17-;;/m1../s1. The van der Waals surface area contributed by atoms with Crippen LogP contribution in [0.15, 0.2) is 29.6 Å². The van der Waals surface area contributed by atoms with Crippen molar-refractivity contribution in [1.82, 2.24) is 10.3 Å². The van der Waals surface area contributed by atoms with Gasteiger partial charge in [-0.05, 0) is 44.2 Å². The highest BCUT2D eigenvalue weighted by atomic mass is 35.5. The molecule has 3 N–H and O–H groups in total. The van der Waals surface area contributed by atoms with Crippen molar-refractivity contribution in [3.8, 4) is 11.3 Å². The van der Waals surface area contributed by atoms with Crippen molar-refractivity contribution in [3.05, 3.63) is 40.2 Å². The van der Waals surface area contributed by atoms with Crippen LogP contribution in [0, 0.1) is 18.8 Å². The SMILES string of the molecule is Cc1nc(-c2ccc(CCNC(=O)[C@@H]3CCC[C@@H]3CN)cc2)cs1.Cl.Cl. The van der Waals surface area contributed by atoms with E-state index in [0.717, 1.165) is 41.9 Å². The van der Waals surface area contributed by atoms with Crippen LogP contribution < -0.4 is 11.1 Å². The number of benzene rings is 1. The van der Waals surface area contributed by atoms with Gasteiger partial charge in [-0.1, -0.05) is 30.7 Å². The Labute approximate surface area is 171 Å². The lowest BCUT2D eigenvalue weighted by Crippen LogP contribution is -2.36. The smallest absolute Gasteiger partial charge is 0.223 e. The molecule has 1 saturated carbocycles. The summed E-state index contributed by atoms with van der Waals surface area (Å²) in [6.45, 7) is 3.32. The predicted molar refractivity (Wildman–Crippen MR) is 113 cm³/mol. The molecule has 4 nitrogen and oxygen atoms in total. The summed E-state index contributed by atoms with van der Waals surface area (Å²) >= 11 is 1.67. The highest BCUT2D eigenvalue weighted by Gasteiger charge is 2.31. The Hall–Kier alpha value is -1.14. The number of carbonyl (C=O) groups excluding carboxylic acids is 1. The zero-order valence-electron chi connectivity index (χ0n) is 14.9. The minimum absolute atomic E-state index is 0. The van der Waals surface area contributed by atoms with Gasteiger partial charge in [-0.3, -0.25) is 4.79 Å². The molecule has 144 valence electrons. The van der Waals surface area contributed by atoms with E-state index >= 15 is 0 Å². The fourth-order valence-electron chi connectivity index (χ4n) is 3.46. The maximum Gasteiger partial charge on any atom is 0.223 e. The minimum atomic E-state index is 0. The number of hydrogen-bond acceptors (Lipinski definition) is 4. The molecule has 1 fully saturated rings. The fraction of sp³-hybridized carbons (Fsp3) is 0.474. The molecule has 1 aromatic carbocycles. The molecule has 2 aromatic rings. The number of carbonyl (C=O) groups is 1. The molecule has 7 heteroatoms. The number of nitrogens with zero attached hydrogens (tertiary/aromatic N) is 1. The Balaban J connectivity index is 0.00000169. The molecular weight excluding hydrogens is 389 g/mol. The van der Waals surface area contributed by atoms with Crippen LogP contribution in [0.5, 0.6) is 0 Å². The van der Waals surface area contributed by atoms with E-state index in [-0.39, 0.29) is 36.6 Å². The van der Waals surface area contributed by atoms with Crippen LogP contribution >= 0.6 is 36.2 Å². The lowest BCUT2D eigenvalue weighted by atomic mass is 9.95. The molecule has 1 heterocycles. The fourth-order valence-corrected chi connectivity index (χ4v) is 4.09. The van der Waals surface area contributed by atoms with Crippen LogP contribution in [0.2, 0.25) is 0 Å². The maximum atomic E-state index is 12.3. The van der Waals surface area contributed by atoms with Gasteiger partial charge >= 0.3 is 0 Å². The van der Waals surface area contributed by atoms with E-state index in [9.17, 15) is 4.79 Å². The summed E-state index contributed by atoms with van der Waals surface area (Å²) in [6, 6.07) is 8.45. The van der Waals surface area contributed by atoms with E-state index in [2.05, 4.69) is 39.9 Å². The molecule has 1 aliphatic carbocycles. The molecule has 1 amide bonds. The van der Waals surface area contributed by atoms with Crippen molar-refractivity contribution in [2.75, 3.05) is 13.1 Å². The number of rotatable bonds is 6. The van der Waals surface area contributed by atoms with Gasteiger partial charge in [0.2, 0.25) is 5.91 Å². The molecule has 0 unspecified atom stereocenters. The highest BCUT2D eigenvalue weighted by molar-refractivity contribution is 7.09. The van der Waals surface area contributed by atoms with E-state index in [0.29, 0.717) is 19.0 Å². The molecule has 0 bridgehead atoms. The quantitative estimate of drug-likeness (QED) is 0.748. The van der Waals surface area contributed by atoms with Crippen molar-refractivity contribution < 1.29 is 4.79 Å². The monoisotopic (exact) mass is 415 g/mol. The lowest BCUT2D eigenvalue weighted by Gasteiger charge is -2.17. The van der Waals surface area contributed by atoms with Crippen LogP contribution in [-0.2, 0) is 11.2 Å². The molecule has 0 aliphatic heterocycles. The number of aromatic nitrogens is 1. The molecule has 1 aliphatic rings. The van der Waals surface area contributed by atoms with Gasteiger partial charge in [0.25, 0.3) is 0 Å². The third kappa shape index (κ3) is 5.68. The Bertz CT molecular complexity index is 690. The summed E-state index contributed by atoms with van der Waals surface area (Å²) in [5.41, 5.74) is 9.17. The first-order chi connectivity index (χ1) is 11.7. The summed E-state index contributed by atoms with van der Waals surface area (Å²) in [7, 11) is 0. The molecule has 1 aromatic heterocycles. The summed E-state index contributed by atoms with van der Waals surface area (Å²) in [5, 5.41) is 6.25. The number of amides is 1. The average molecular weight is 416 g/mol. The van der Waals surface area contributed by atoms with Crippen LogP contribution in [0.4, 0.5) is 0 Å². The number of hydrogen-bond donors (Lipinski definition) is 2. The second-order valence-electron chi connectivity index (χ2n) is 6.52. The van der Waals surface area contributed by atoms with Crippen molar-refractivity contribution in [1.29, 1.82) is 0 Å². The Morgan fingerprint density at radius 3 is 2.62 bits per heavy atom. The first-order valence-electron chi connectivity index (χ1n) is 8.66. The minimum Gasteiger partial charge on any atom is -0.356 e. The van der Waals surface area contributed by atoms with Crippen molar-refractivity contribution in [2.45, 2.75) is 32.6 Å². The normalized spacial score (nSPS) is 18.7. The Morgan fingerprint density at radius 2 is 2.00 bits per heavy atom. The Kier molecular flexibility index (Phi) is 9.58. The first-order valence-corrected chi connectivity index (χ1v) is 9.54. The third-order valence-electron chi connectivity index (χ3n) is 4.88. The molecule has 26 heavy (non-hydrogen) atoms. The van der Waals surface area contributed by atoms with Crippen LogP contribution in [0.1, 0.15) is 29.8 Å². The van der Waals surface area contributed by atoms with Gasteiger partial charge in [0.1, 0.15) is 0 Å². The van der Waals surface area contributed by atoms with E-state index in [1.807, 2.05) is 6.92 Å². The number of thiazole rings is 1. The van der Waals surface area contributed by atoms with Gasteiger partial charge in [-0.15, -0.1) is 36.2 Å². The first kappa shape index (κ1) is 22.9. The lowest BCUT2D eigenvalue weighted by molar-refractivity contribution is -0.125. The Morgan fingerprint density at radius 1 is 1.27 bits per heavy atom. The third-order valence-corrected chi connectivity index (χ3v) is 5.65. The van der Waals surface area contributed by atoms with Crippen LogP contribution in [-0.4, -0.2) is 24.0 Å². The number of nitrogens with two attached hydrogens (primary N) is 1. The molecule has 0 radical (unpaired) electrons. The second kappa shape index (κ2) is 10.9. The average Bonchev–Trinajstić information content (AvgIpc) is 3.24. The number of aryl methyl sites for hydroxylation is 1. The van der Waals surface area contributed by atoms with Gasteiger partial charge in [0, 0.05) is 23.4 Å². The summed E-state index contributed by atoms with van der Waals surface area (Å²) in [5.74, 6) is 0.661. The van der Waals surface area contributed by atoms with Gasteiger partial charge in [-0.2, -0.15) is 0 Å². The van der Waals surface area contributed by atoms with Crippen LogP contribution in [0.3, 0.4) is 0 Å². The summed E-state index contributed by atoms with van der Waals surface area (Å²) in [4.78, 5) is 16.8. The van der Waals surface area contributed by atoms with Crippen molar-refractivity contribution in [2.24, 2.45) is 17.6 Å². The highest BCUT2D eigenvalue weighted by Crippen LogP contribution is 2.30. The second-order valence-corrected chi connectivity index (χ2v) is 7.59. The predicted octanol–water partition coefficient (Wildman–Crippen LogP) is 4.00. The molecule has 3 rings (SSSR count). The molecular formula is C19H27Cl2N3OS. The van der Waals surface area contributed by atoms with Crippen LogP contribution in [0.25, 0.3) is 11.3 Å². The van der Waals surface area contributed by atoms with Gasteiger partial charge in [0.15, 0.2) is 0 Å². The largest absolute Gasteiger partial charge is 0.356 e. The summed E-state index contributed by atoms with van der Waals surface area (Å²) < 4.78 is 0. The number of halogens is 2. The van der Waals surface area contributed by atoms with E-state index < -0.39 is 0 Å². The number of nitrogens with one attached hydrogen (secondary N) is 1. The van der Waals surface area contributed by atoms with E-state index in [4.69, 9.17) is 5.73 Å². The van der Waals surface area contributed by atoms with Gasteiger partial charge in [-0.25, -0.2) is 4.98 Å².